The summed E-state index contributed by atoms with van der Waals surface area (Å²) in [5.41, 5.74) is 0.149. The lowest BCUT2D eigenvalue weighted by Crippen LogP contribution is -2.65. The Hall–Kier alpha value is -4.14. The van der Waals surface area contributed by atoms with Crippen molar-refractivity contribution < 1.29 is 23.1 Å². The zero-order valence-corrected chi connectivity index (χ0v) is 23.6. The van der Waals surface area contributed by atoms with Crippen molar-refractivity contribution in [2.75, 3.05) is 19.6 Å². The van der Waals surface area contributed by atoms with Gasteiger partial charge >= 0.3 is 5.97 Å². The third-order valence-corrected chi connectivity index (χ3v) is 8.66. The van der Waals surface area contributed by atoms with E-state index in [-0.39, 0.29) is 23.2 Å². The molecule has 4 aromatic rings. The molecule has 3 aromatic carbocycles. The highest BCUT2D eigenvalue weighted by Gasteiger charge is 2.44. The second-order valence-corrected chi connectivity index (χ2v) is 11.7. The first-order chi connectivity index (χ1) is 20.3. The number of aromatic amines is 1. The Balaban J connectivity index is 1.39. The monoisotopic (exact) mass is 591 g/mol. The number of carboxylic acid groups (broad SMARTS) is 1. The van der Waals surface area contributed by atoms with Crippen molar-refractivity contribution in [1.82, 2.24) is 36.2 Å². The Bertz CT molecular complexity index is 1640. The highest BCUT2D eigenvalue weighted by atomic mass is 32.2. The van der Waals surface area contributed by atoms with Gasteiger partial charge in [0.2, 0.25) is 15.7 Å². The van der Waals surface area contributed by atoms with Gasteiger partial charge in [0.1, 0.15) is 6.29 Å². The van der Waals surface area contributed by atoms with Gasteiger partial charge in [-0.05, 0) is 61.2 Å². The SMILES string of the molecule is O=C(NC(CCCCNC1NCCN1)(NS(=O)(=O)c1ccc(-c2ccccc2)cc1)C(=O)O)c1cccc2[nH]ncc12. The number of rotatable bonds is 13. The molecule has 42 heavy (non-hydrogen) atoms. The molecule has 5 rings (SSSR count). The summed E-state index contributed by atoms with van der Waals surface area (Å²) < 4.78 is 29.5. The molecule has 0 aliphatic carbocycles. The van der Waals surface area contributed by atoms with Crippen molar-refractivity contribution in [2.45, 2.75) is 36.1 Å². The Kier molecular flexibility index (Phi) is 8.94. The van der Waals surface area contributed by atoms with Gasteiger partial charge in [0.25, 0.3) is 5.91 Å². The van der Waals surface area contributed by atoms with Gasteiger partial charge in [-0.3, -0.25) is 25.8 Å². The lowest BCUT2D eigenvalue weighted by Gasteiger charge is -2.31. The zero-order chi connectivity index (χ0) is 29.6. The van der Waals surface area contributed by atoms with Crippen LogP contribution in [-0.2, 0) is 14.8 Å². The molecule has 1 aromatic heterocycles. The minimum atomic E-state index is -4.38. The number of carbonyl (C=O) groups is 2. The molecule has 7 N–H and O–H groups in total. The van der Waals surface area contributed by atoms with E-state index in [9.17, 15) is 23.1 Å². The van der Waals surface area contributed by atoms with Crippen LogP contribution in [0.3, 0.4) is 0 Å². The van der Waals surface area contributed by atoms with Crippen molar-refractivity contribution in [3.8, 4) is 11.1 Å². The molecule has 220 valence electrons. The number of hydrogen-bond donors (Lipinski definition) is 7. The molecule has 1 fully saturated rings. The maximum absolute atomic E-state index is 13.6. The second kappa shape index (κ2) is 12.8. The number of aliphatic carboxylic acids is 1. The number of nitrogens with one attached hydrogen (secondary N) is 6. The fourth-order valence-electron chi connectivity index (χ4n) is 4.93. The molecular weight excluding hydrogens is 558 g/mol. The number of benzene rings is 3. The van der Waals surface area contributed by atoms with E-state index in [2.05, 4.69) is 36.2 Å². The Morgan fingerprint density at radius 2 is 1.64 bits per heavy atom. The molecule has 1 atom stereocenters. The molecule has 1 aliphatic rings. The van der Waals surface area contributed by atoms with Crippen LogP contribution in [0.25, 0.3) is 22.0 Å². The minimum absolute atomic E-state index is 0.0401. The van der Waals surface area contributed by atoms with Crippen molar-refractivity contribution in [1.29, 1.82) is 0 Å². The molecule has 12 nitrogen and oxygen atoms in total. The number of carboxylic acids is 1. The zero-order valence-electron chi connectivity index (χ0n) is 22.8. The number of sulfonamides is 1. The molecule has 0 bridgehead atoms. The van der Waals surface area contributed by atoms with E-state index < -0.39 is 27.6 Å². The smallest absolute Gasteiger partial charge is 0.345 e. The minimum Gasteiger partial charge on any atom is -0.478 e. The summed E-state index contributed by atoms with van der Waals surface area (Å²) >= 11 is 0. The van der Waals surface area contributed by atoms with Crippen molar-refractivity contribution in [3.05, 3.63) is 84.6 Å². The molecule has 1 amide bonds. The van der Waals surface area contributed by atoms with Crippen LogP contribution in [0.5, 0.6) is 0 Å². The maximum atomic E-state index is 13.6. The number of amides is 1. The predicted molar refractivity (Wildman–Crippen MR) is 158 cm³/mol. The highest BCUT2D eigenvalue weighted by Crippen LogP contribution is 2.24. The van der Waals surface area contributed by atoms with Gasteiger partial charge in [0, 0.05) is 18.5 Å². The highest BCUT2D eigenvalue weighted by molar-refractivity contribution is 7.89. The summed E-state index contributed by atoms with van der Waals surface area (Å²) in [7, 11) is -4.38. The summed E-state index contributed by atoms with van der Waals surface area (Å²) in [5.74, 6) is -2.27. The Morgan fingerprint density at radius 1 is 0.929 bits per heavy atom. The van der Waals surface area contributed by atoms with Crippen LogP contribution in [0, 0.1) is 0 Å². The van der Waals surface area contributed by atoms with Crippen LogP contribution in [0.4, 0.5) is 0 Å². The van der Waals surface area contributed by atoms with Gasteiger partial charge < -0.3 is 10.4 Å². The number of H-pyrrole nitrogens is 1. The van der Waals surface area contributed by atoms with Gasteiger partial charge in [-0.1, -0.05) is 48.5 Å². The molecule has 2 heterocycles. The van der Waals surface area contributed by atoms with E-state index >= 15 is 0 Å². The first kappa shape index (κ1) is 29.4. The largest absolute Gasteiger partial charge is 0.478 e. The van der Waals surface area contributed by atoms with E-state index in [0.717, 1.165) is 24.2 Å². The van der Waals surface area contributed by atoms with Crippen molar-refractivity contribution in [3.63, 3.8) is 0 Å². The summed E-state index contributed by atoms with van der Waals surface area (Å²) in [6.07, 6.45) is 2.07. The molecule has 13 heteroatoms. The fraction of sp³-hybridized carbons (Fsp3) is 0.276. The molecule has 0 saturated carbocycles. The third-order valence-electron chi connectivity index (χ3n) is 7.15. The first-order valence-electron chi connectivity index (χ1n) is 13.7. The summed E-state index contributed by atoms with van der Waals surface area (Å²) in [6, 6.07) is 20.5. The van der Waals surface area contributed by atoms with E-state index in [4.69, 9.17) is 0 Å². The van der Waals surface area contributed by atoms with Gasteiger partial charge in [-0.15, -0.1) is 0 Å². The quantitative estimate of drug-likeness (QED) is 0.0905. The Morgan fingerprint density at radius 3 is 2.36 bits per heavy atom. The topological polar surface area (TPSA) is 177 Å². The Labute approximate surface area is 243 Å². The van der Waals surface area contributed by atoms with Gasteiger partial charge in [-0.2, -0.15) is 9.82 Å². The average molecular weight is 592 g/mol. The van der Waals surface area contributed by atoms with E-state index in [1.807, 2.05) is 30.3 Å². The summed E-state index contributed by atoms with van der Waals surface area (Å²) in [4.78, 5) is 26.2. The fourth-order valence-corrected chi connectivity index (χ4v) is 6.24. The molecule has 0 spiro atoms. The average Bonchev–Trinajstić information content (AvgIpc) is 3.69. The van der Waals surface area contributed by atoms with Gasteiger partial charge in [0.05, 0.1) is 22.2 Å². The maximum Gasteiger partial charge on any atom is 0.345 e. The van der Waals surface area contributed by atoms with Crippen LogP contribution < -0.4 is 26.0 Å². The molecular formula is C29H33N7O5S. The third kappa shape index (κ3) is 6.66. The van der Waals surface area contributed by atoms with E-state index in [1.165, 1.54) is 24.4 Å². The number of nitrogens with zero attached hydrogens (tertiary/aromatic N) is 1. The normalized spacial score (nSPS) is 15.4. The van der Waals surface area contributed by atoms with Crippen LogP contribution in [-0.4, -0.2) is 67.2 Å². The van der Waals surface area contributed by atoms with Crippen molar-refractivity contribution >= 4 is 32.8 Å². The lowest BCUT2D eigenvalue weighted by molar-refractivity contribution is -0.145. The number of hydrogen-bond acceptors (Lipinski definition) is 8. The molecule has 1 saturated heterocycles. The van der Waals surface area contributed by atoms with Gasteiger partial charge in [0.15, 0.2) is 0 Å². The van der Waals surface area contributed by atoms with E-state index in [1.54, 1.807) is 24.3 Å². The number of aromatic nitrogens is 2. The predicted octanol–water partition coefficient (Wildman–Crippen LogP) is 1.96. The standard InChI is InChI=1S/C29H33N7O5S/c37-26(23-9-6-10-25-24(23)19-33-35-25)34-29(27(38)39,15-4-5-16-30-28-31-17-18-32-28)36-42(40,41)22-13-11-21(12-14-22)20-7-2-1-3-8-20/h1-3,6-14,19,28,30-32,36H,4-5,15-18H2,(H,33,35)(H,34,37)(H,38,39). The number of unbranched alkanes of at least 4 members (excludes halogenated alkanes) is 1. The summed E-state index contributed by atoms with van der Waals surface area (Å²) in [6.45, 7) is 2.23. The van der Waals surface area contributed by atoms with Crippen LogP contribution in [0.1, 0.15) is 29.6 Å². The molecule has 1 unspecified atom stereocenters. The first-order valence-corrected chi connectivity index (χ1v) is 15.1. The lowest BCUT2D eigenvalue weighted by atomic mass is 10.0. The van der Waals surface area contributed by atoms with Crippen LogP contribution in [0.2, 0.25) is 0 Å². The number of fused-ring (bicyclic) bond motifs is 1. The number of carbonyl (C=O) groups excluding carboxylic acids is 1. The van der Waals surface area contributed by atoms with Gasteiger partial charge in [-0.25, -0.2) is 13.2 Å². The molecule has 1 aliphatic heterocycles. The second-order valence-electron chi connectivity index (χ2n) is 10.0. The van der Waals surface area contributed by atoms with E-state index in [0.29, 0.717) is 30.3 Å². The van der Waals surface area contributed by atoms with Crippen LogP contribution in [0.15, 0.2) is 83.9 Å². The molecule has 0 radical (unpaired) electrons. The van der Waals surface area contributed by atoms with Crippen molar-refractivity contribution in [2.24, 2.45) is 0 Å². The van der Waals surface area contributed by atoms with Crippen LogP contribution >= 0.6 is 0 Å². The summed E-state index contributed by atoms with van der Waals surface area (Å²) in [5, 5.41) is 29.9.